The fourth-order valence-corrected chi connectivity index (χ4v) is 5.27. The summed E-state index contributed by atoms with van der Waals surface area (Å²) in [5, 5.41) is 0. The zero-order valence-corrected chi connectivity index (χ0v) is 20.5. The fraction of sp³-hybridized carbons (Fsp3) is 0.478. The summed E-state index contributed by atoms with van der Waals surface area (Å²) in [4.78, 5) is 20.7. The number of carbonyl (C=O) groups is 1. The summed E-state index contributed by atoms with van der Waals surface area (Å²) in [6.07, 6.45) is -1.97. The van der Waals surface area contributed by atoms with Crippen molar-refractivity contribution < 1.29 is 39.6 Å². The minimum absolute atomic E-state index is 0.193. The van der Waals surface area contributed by atoms with Crippen molar-refractivity contribution in [3.63, 3.8) is 0 Å². The van der Waals surface area contributed by atoms with Gasteiger partial charge < -0.3 is 14.7 Å². The summed E-state index contributed by atoms with van der Waals surface area (Å²) >= 11 is 0. The highest BCUT2D eigenvalue weighted by atomic mass is 32.2. The summed E-state index contributed by atoms with van der Waals surface area (Å²) in [5.74, 6) is -3.41. The van der Waals surface area contributed by atoms with Crippen LogP contribution in [0.3, 0.4) is 0 Å². The molecular formula is C23H24F6N4O3S. The Bertz CT molecular complexity index is 1270. The van der Waals surface area contributed by atoms with Crippen LogP contribution in [-0.4, -0.2) is 67.7 Å². The molecule has 0 spiro atoms. The number of pyridine rings is 1. The van der Waals surface area contributed by atoms with E-state index in [2.05, 4.69) is 4.98 Å². The third-order valence-corrected chi connectivity index (χ3v) is 7.68. The molecule has 37 heavy (non-hydrogen) atoms. The maximum Gasteiger partial charge on any atom is 0.417 e. The monoisotopic (exact) mass is 550 g/mol. The zero-order chi connectivity index (χ0) is 27.1. The summed E-state index contributed by atoms with van der Waals surface area (Å²) < 4.78 is 105. The van der Waals surface area contributed by atoms with Crippen molar-refractivity contribution in [3.05, 3.63) is 53.0 Å². The van der Waals surface area contributed by atoms with Crippen LogP contribution < -0.4 is 4.90 Å². The Kier molecular flexibility index (Phi) is 7.32. The standard InChI is InChI=1S/C23H24F6N4O3S/c1-37(35,36)16-10-18(24)17(19(25)11-16)13-32-5-2-6-33(22(32)34)15-3-7-31(8-4-15)21-20(26)9-14(12-30-21)23(27,28)29/h9-12,15H,2-8,13H2,1H3. The number of halogens is 6. The van der Waals surface area contributed by atoms with E-state index in [4.69, 9.17) is 0 Å². The first-order valence-corrected chi connectivity index (χ1v) is 13.4. The van der Waals surface area contributed by atoms with Crippen molar-refractivity contribution in [2.75, 3.05) is 37.3 Å². The molecule has 1 aromatic heterocycles. The number of amides is 2. The van der Waals surface area contributed by atoms with Crippen molar-refractivity contribution in [3.8, 4) is 0 Å². The lowest BCUT2D eigenvalue weighted by molar-refractivity contribution is -0.138. The molecule has 2 fully saturated rings. The Hall–Kier alpha value is -3.03. The first-order chi connectivity index (χ1) is 17.3. The number of nitrogens with zero attached hydrogens (tertiary/aromatic N) is 4. The van der Waals surface area contributed by atoms with E-state index in [1.165, 1.54) is 9.80 Å². The zero-order valence-electron chi connectivity index (χ0n) is 19.7. The molecule has 0 radical (unpaired) electrons. The number of carbonyl (C=O) groups excluding carboxylic acids is 1. The van der Waals surface area contributed by atoms with Crippen LogP contribution >= 0.6 is 0 Å². The molecule has 2 aromatic rings. The maximum atomic E-state index is 14.5. The number of piperidine rings is 1. The van der Waals surface area contributed by atoms with Gasteiger partial charge in [0, 0.05) is 50.2 Å². The minimum Gasteiger partial charge on any atom is -0.354 e. The van der Waals surface area contributed by atoms with Gasteiger partial charge >= 0.3 is 12.2 Å². The van der Waals surface area contributed by atoms with Gasteiger partial charge in [0.05, 0.1) is 17.0 Å². The second kappa shape index (κ2) is 10.0. The molecule has 3 heterocycles. The smallest absolute Gasteiger partial charge is 0.354 e. The highest BCUT2D eigenvalue weighted by molar-refractivity contribution is 7.90. The normalized spacial score (nSPS) is 18.0. The van der Waals surface area contributed by atoms with Crippen molar-refractivity contribution in [2.24, 2.45) is 0 Å². The second-order valence-corrected chi connectivity index (χ2v) is 11.1. The van der Waals surface area contributed by atoms with Crippen LogP contribution in [0.15, 0.2) is 29.3 Å². The van der Waals surface area contributed by atoms with E-state index in [1.807, 2.05) is 0 Å². The van der Waals surface area contributed by atoms with Crippen LogP contribution in [0.5, 0.6) is 0 Å². The molecule has 0 aliphatic carbocycles. The molecule has 2 amide bonds. The van der Waals surface area contributed by atoms with E-state index in [0.717, 1.165) is 18.4 Å². The van der Waals surface area contributed by atoms with Gasteiger partial charge in [-0.1, -0.05) is 0 Å². The van der Waals surface area contributed by atoms with Gasteiger partial charge in [-0.25, -0.2) is 31.4 Å². The van der Waals surface area contributed by atoms with Crippen LogP contribution in [0.2, 0.25) is 0 Å². The quantitative estimate of drug-likeness (QED) is 0.522. The number of anilines is 1. The van der Waals surface area contributed by atoms with Crippen LogP contribution in [-0.2, 0) is 22.6 Å². The number of hydrogen-bond acceptors (Lipinski definition) is 5. The molecule has 7 nitrogen and oxygen atoms in total. The highest BCUT2D eigenvalue weighted by Crippen LogP contribution is 2.32. The number of rotatable bonds is 5. The molecule has 0 N–H and O–H groups in total. The number of alkyl halides is 3. The summed E-state index contributed by atoms with van der Waals surface area (Å²) in [7, 11) is -3.82. The van der Waals surface area contributed by atoms with Gasteiger partial charge in [-0.3, -0.25) is 0 Å². The molecule has 0 bridgehead atoms. The predicted octanol–water partition coefficient (Wildman–Crippen LogP) is 4.22. The van der Waals surface area contributed by atoms with Crippen molar-refractivity contribution in [1.82, 2.24) is 14.8 Å². The number of hydrogen-bond donors (Lipinski definition) is 0. The minimum atomic E-state index is -4.71. The second-order valence-electron chi connectivity index (χ2n) is 9.13. The third-order valence-electron chi connectivity index (χ3n) is 6.59. The summed E-state index contributed by atoms with van der Waals surface area (Å²) in [6, 6.07) is 1.16. The van der Waals surface area contributed by atoms with Crippen LogP contribution in [0.25, 0.3) is 0 Å². The molecule has 0 unspecified atom stereocenters. The number of urea groups is 1. The molecule has 2 aliphatic rings. The Morgan fingerprint density at radius 1 is 0.973 bits per heavy atom. The molecule has 2 saturated heterocycles. The highest BCUT2D eigenvalue weighted by Gasteiger charge is 2.36. The van der Waals surface area contributed by atoms with Crippen molar-refractivity contribution >= 4 is 21.7 Å². The SMILES string of the molecule is CS(=O)(=O)c1cc(F)c(CN2CCCN(C3CCN(c4ncc(C(F)(F)F)cc4F)CC3)C2=O)c(F)c1. The molecule has 0 saturated carbocycles. The fourth-order valence-electron chi connectivity index (χ4n) is 4.63. The Labute approximate surface area is 209 Å². The predicted molar refractivity (Wildman–Crippen MR) is 121 cm³/mol. The largest absolute Gasteiger partial charge is 0.417 e. The van der Waals surface area contributed by atoms with Crippen LogP contribution in [0, 0.1) is 17.5 Å². The maximum absolute atomic E-state index is 14.5. The summed E-state index contributed by atoms with van der Waals surface area (Å²) in [5.41, 5.74) is -1.59. The van der Waals surface area contributed by atoms with E-state index in [-0.39, 0.29) is 38.0 Å². The van der Waals surface area contributed by atoms with Crippen molar-refractivity contribution in [2.45, 2.75) is 42.9 Å². The lowest BCUT2D eigenvalue weighted by Crippen LogP contribution is -2.55. The third kappa shape index (κ3) is 5.78. The Morgan fingerprint density at radius 2 is 1.59 bits per heavy atom. The van der Waals surface area contributed by atoms with Gasteiger partial charge in [0.2, 0.25) is 0 Å². The molecular weight excluding hydrogens is 526 g/mol. The molecule has 202 valence electrons. The molecule has 14 heteroatoms. The lowest BCUT2D eigenvalue weighted by Gasteiger charge is -2.43. The van der Waals surface area contributed by atoms with Crippen molar-refractivity contribution in [1.29, 1.82) is 0 Å². The topological polar surface area (TPSA) is 73.8 Å². The van der Waals surface area contributed by atoms with E-state index in [9.17, 15) is 39.6 Å². The number of aromatic nitrogens is 1. The summed E-state index contributed by atoms with van der Waals surface area (Å²) in [6.45, 7) is 0.781. The van der Waals surface area contributed by atoms with Gasteiger partial charge in [-0.15, -0.1) is 0 Å². The van der Waals surface area contributed by atoms with Crippen LogP contribution in [0.4, 0.5) is 37.0 Å². The van der Waals surface area contributed by atoms with Gasteiger partial charge in [0.25, 0.3) is 0 Å². The average Bonchev–Trinajstić information content (AvgIpc) is 2.81. The van der Waals surface area contributed by atoms with Crippen LogP contribution in [0.1, 0.15) is 30.4 Å². The number of benzene rings is 1. The van der Waals surface area contributed by atoms with E-state index in [0.29, 0.717) is 38.1 Å². The lowest BCUT2D eigenvalue weighted by atomic mass is 10.0. The van der Waals surface area contributed by atoms with Gasteiger partial charge in [0.1, 0.15) is 11.6 Å². The molecule has 0 atom stereocenters. The van der Waals surface area contributed by atoms with Gasteiger partial charge in [-0.05, 0) is 37.5 Å². The molecule has 1 aromatic carbocycles. The molecule has 2 aliphatic heterocycles. The Balaban J connectivity index is 1.42. The molecule has 4 rings (SSSR count). The number of sulfone groups is 1. The van der Waals surface area contributed by atoms with E-state index >= 15 is 0 Å². The van der Waals surface area contributed by atoms with E-state index in [1.54, 1.807) is 4.90 Å². The Morgan fingerprint density at radius 3 is 2.14 bits per heavy atom. The first kappa shape index (κ1) is 27.0. The van der Waals surface area contributed by atoms with Gasteiger partial charge in [-0.2, -0.15) is 13.2 Å². The average molecular weight is 551 g/mol. The van der Waals surface area contributed by atoms with E-state index < -0.39 is 55.5 Å². The first-order valence-electron chi connectivity index (χ1n) is 11.5. The van der Waals surface area contributed by atoms with Gasteiger partial charge in [0.15, 0.2) is 21.5 Å².